The zero-order chi connectivity index (χ0) is 23.5. The zero-order valence-electron chi connectivity index (χ0n) is 17.8. The van der Waals surface area contributed by atoms with E-state index in [1.165, 1.54) is 30.5 Å². The first-order valence-corrected chi connectivity index (χ1v) is 11.9. The van der Waals surface area contributed by atoms with Crippen molar-refractivity contribution in [3.8, 4) is 11.3 Å². The van der Waals surface area contributed by atoms with E-state index < -0.39 is 10.0 Å². The van der Waals surface area contributed by atoms with Crippen LogP contribution in [0.5, 0.6) is 0 Å². The third-order valence-corrected chi connectivity index (χ3v) is 6.49. The van der Waals surface area contributed by atoms with Crippen LogP contribution in [0.1, 0.15) is 10.4 Å². The Balaban J connectivity index is 1.31. The van der Waals surface area contributed by atoms with E-state index in [0.29, 0.717) is 16.9 Å². The van der Waals surface area contributed by atoms with Gasteiger partial charge in [0.15, 0.2) is 0 Å². The predicted molar refractivity (Wildman–Crippen MR) is 130 cm³/mol. The summed E-state index contributed by atoms with van der Waals surface area (Å²) in [5, 5.41) is 2.79. The fraction of sp³-hybridized carbons (Fsp3) is 0. The molecule has 5 rings (SSSR count). The average molecular weight is 470 g/mol. The molecule has 0 aliphatic heterocycles. The van der Waals surface area contributed by atoms with Crippen molar-refractivity contribution >= 4 is 33.1 Å². The van der Waals surface area contributed by atoms with Crippen molar-refractivity contribution in [1.82, 2.24) is 14.4 Å². The number of sulfonamides is 1. The van der Waals surface area contributed by atoms with Crippen molar-refractivity contribution in [3.63, 3.8) is 0 Å². The van der Waals surface area contributed by atoms with Crippen LogP contribution in [0.3, 0.4) is 0 Å². The molecule has 0 spiro atoms. The van der Waals surface area contributed by atoms with E-state index >= 15 is 0 Å². The molecule has 0 fully saturated rings. The van der Waals surface area contributed by atoms with Gasteiger partial charge in [0.2, 0.25) is 0 Å². The summed E-state index contributed by atoms with van der Waals surface area (Å²) in [6, 6.07) is 24.1. The summed E-state index contributed by atoms with van der Waals surface area (Å²) in [6.45, 7) is 0. The summed E-state index contributed by atoms with van der Waals surface area (Å²) >= 11 is 0. The maximum atomic E-state index is 12.8. The van der Waals surface area contributed by atoms with Crippen molar-refractivity contribution < 1.29 is 13.2 Å². The lowest BCUT2D eigenvalue weighted by Crippen LogP contribution is -2.15. The van der Waals surface area contributed by atoms with Crippen molar-refractivity contribution in [2.24, 2.45) is 0 Å². The second-order valence-corrected chi connectivity index (χ2v) is 9.15. The molecular formula is C25H19N5O3S. The van der Waals surface area contributed by atoms with Gasteiger partial charge in [0.1, 0.15) is 11.5 Å². The van der Waals surface area contributed by atoms with Gasteiger partial charge < -0.3 is 9.72 Å². The van der Waals surface area contributed by atoms with E-state index in [2.05, 4.69) is 20.0 Å². The standard InChI is InChI=1S/C25H19N5O3S/c31-25(19-13-15-30-17-22(28-24(30)16-19)18-6-2-1-3-7-18)27-20-9-11-21(12-10-20)34(32,33)29-23-8-4-5-14-26-23/h1-17H,(H,26,29)(H,27,31). The highest BCUT2D eigenvalue weighted by Gasteiger charge is 2.15. The molecule has 34 heavy (non-hydrogen) atoms. The Labute approximate surface area is 196 Å². The van der Waals surface area contributed by atoms with Gasteiger partial charge in [0.05, 0.1) is 10.6 Å². The summed E-state index contributed by atoms with van der Waals surface area (Å²) in [7, 11) is -3.79. The van der Waals surface area contributed by atoms with Crippen LogP contribution >= 0.6 is 0 Å². The lowest BCUT2D eigenvalue weighted by molar-refractivity contribution is 0.102. The number of aromatic nitrogens is 3. The van der Waals surface area contributed by atoms with Gasteiger partial charge in [-0.3, -0.25) is 9.52 Å². The third kappa shape index (κ3) is 4.50. The molecule has 3 heterocycles. The summed E-state index contributed by atoms with van der Waals surface area (Å²) in [5.41, 5.74) is 3.36. The summed E-state index contributed by atoms with van der Waals surface area (Å²) < 4.78 is 29.3. The minimum atomic E-state index is -3.79. The summed E-state index contributed by atoms with van der Waals surface area (Å²) in [6.07, 6.45) is 5.19. The number of amides is 1. The maximum absolute atomic E-state index is 12.8. The van der Waals surface area contributed by atoms with E-state index in [-0.39, 0.29) is 16.6 Å². The molecule has 2 N–H and O–H groups in total. The Morgan fingerprint density at radius 2 is 1.65 bits per heavy atom. The Hall–Kier alpha value is -4.50. The van der Waals surface area contributed by atoms with Gasteiger partial charge in [-0.15, -0.1) is 0 Å². The number of carbonyl (C=O) groups is 1. The van der Waals surface area contributed by atoms with Crippen LogP contribution in [0, 0.1) is 0 Å². The molecule has 0 saturated heterocycles. The molecule has 0 unspecified atom stereocenters. The number of nitrogens with zero attached hydrogens (tertiary/aromatic N) is 3. The largest absolute Gasteiger partial charge is 0.322 e. The van der Waals surface area contributed by atoms with E-state index in [4.69, 9.17) is 0 Å². The Bertz CT molecular complexity index is 1570. The van der Waals surface area contributed by atoms with Crippen LogP contribution in [-0.2, 0) is 10.0 Å². The average Bonchev–Trinajstić information content (AvgIpc) is 3.29. The Morgan fingerprint density at radius 1 is 0.882 bits per heavy atom. The summed E-state index contributed by atoms with van der Waals surface area (Å²) in [5.74, 6) is -0.0985. The molecule has 2 aromatic carbocycles. The molecule has 5 aromatic rings. The van der Waals surface area contributed by atoms with Crippen LogP contribution in [0.2, 0.25) is 0 Å². The van der Waals surface area contributed by atoms with Crippen LogP contribution < -0.4 is 10.0 Å². The van der Waals surface area contributed by atoms with E-state index in [0.717, 1.165) is 11.3 Å². The molecule has 0 atom stereocenters. The van der Waals surface area contributed by atoms with Crippen LogP contribution in [-0.4, -0.2) is 28.7 Å². The van der Waals surface area contributed by atoms with Gasteiger partial charge in [-0.25, -0.2) is 18.4 Å². The fourth-order valence-corrected chi connectivity index (χ4v) is 4.42. The number of pyridine rings is 2. The molecule has 9 heteroatoms. The lowest BCUT2D eigenvalue weighted by Gasteiger charge is -2.09. The van der Waals surface area contributed by atoms with Gasteiger partial charge >= 0.3 is 0 Å². The molecule has 8 nitrogen and oxygen atoms in total. The van der Waals surface area contributed by atoms with Crippen LogP contribution in [0.4, 0.5) is 11.5 Å². The van der Waals surface area contributed by atoms with Crippen molar-refractivity contribution in [2.45, 2.75) is 4.90 Å². The van der Waals surface area contributed by atoms with Gasteiger partial charge in [-0.05, 0) is 48.5 Å². The molecule has 3 aromatic heterocycles. The number of fused-ring (bicyclic) bond motifs is 1. The van der Waals surface area contributed by atoms with Gasteiger partial charge in [-0.2, -0.15) is 0 Å². The number of rotatable bonds is 6. The molecule has 0 saturated carbocycles. The van der Waals surface area contributed by atoms with E-state index in [1.54, 1.807) is 36.5 Å². The molecule has 1 amide bonds. The minimum absolute atomic E-state index is 0.0587. The molecule has 0 aliphatic carbocycles. The quantitative estimate of drug-likeness (QED) is 0.382. The highest BCUT2D eigenvalue weighted by Crippen LogP contribution is 2.21. The van der Waals surface area contributed by atoms with Gasteiger partial charge in [0, 0.05) is 35.4 Å². The predicted octanol–water partition coefficient (Wildman–Crippen LogP) is 4.45. The molecule has 168 valence electrons. The number of hydrogen-bond acceptors (Lipinski definition) is 5. The number of benzene rings is 2. The fourth-order valence-electron chi connectivity index (χ4n) is 3.41. The third-order valence-electron chi connectivity index (χ3n) is 5.12. The van der Waals surface area contributed by atoms with Gasteiger partial charge in [0.25, 0.3) is 15.9 Å². The first-order valence-electron chi connectivity index (χ1n) is 10.4. The molecule has 0 aliphatic rings. The van der Waals surface area contributed by atoms with Gasteiger partial charge in [-0.1, -0.05) is 36.4 Å². The first-order chi connectivity index (χ1) is 16.5. The molecule has 0 radical (unpaired) electrons. The SMILES string of the molecule is O=C(Nc1ccc(S(=O)(=O)Nc2ccccn2)cc1)c1ccn2cc(-c3ccccc3)nc2c1. The summed E-state index contributed by atoms with van der Waals surface area (Å²) in [4.78, 5) is 21.4. The van der Waals surface area contributed by atoms with Crippen molar-refractivity contribution in [2.75, 3.05) is 10.0 Å². The number of hydrogen-bond donors (Lipinski definition) is 2. The number of anilines is 2. The van der Waals surface area contributed by atoms with Crippen LogP contribution in [0.15, 0.2) is 108 Å². The maximum Gasteiger partial charge on any atom is 0.263 e. The smallest absolute Gasteiger partial charge is 0.263 e. The number of nitrogens with one attached hydrogen (secondary N) is 2. The molecular weight excluding hydrogens is 450 g/mol. The van der Waals surface area contributed by atoms with E-state index in [1.807, 2.05) is 40.9 Å². The van der Waals surface area contributed by atoms with Crippen molar-refractivity contribution in [3.05, 3.63) is 109 Å². The number of imidazole rings is 1. The minimum Gasteiger partial charge on any atom is -0.322 e. The van der Waals surface area contributed by atoms with Crippen molar-refractivity contribution in [1.29, 1.82) is 0 Å². The topological polar surface area (TPSA) is 105 Å². The second kappa shape index (κ2) is 8.80. The highest BCUT2D eigenvalue weighted by atomic mass is 32.2. The zero-order valence-corrected chi connectivity index (χ0v) is 18.6. The Morgan fingerprint density at radius 3 is 2.38 bits per heavy atom. The lowest BCUT2D eigenvalue weighted by atomic mass is 10.2. The monoisotopic (exact) mass is 469 g/mol. The highest BCUT2D eigenvalue weighted by molar-refractivity contribution is 7.92. The molecule has 0 bridgehead atoms. The van der Waals surface area contributed by atoms with E-state index in [9.17, 15) is 13.2 Å². The Kier molecular flexibility index (Phi) is 5.52. The van der Waals surface area contributed by atoms with Crippen LogP contribution in [0.25, 0.3) is 16.9 Å². The number of carbonyl (C=O) groups excluding carboxylic acids is 1. The second-order valence-electron chi connectivity index (χ2n) is 7.47. The first kappa shape index (κ1) is 21.4. The normalized spacial score (nSPS) is 11.3.